The van der Waals surface area contributed by atoms with Crippen molar-refractivity contribution in [3.8, 4) is 0 Å². The first-order valence-corrected chi connectivity index (χ1v) is 6.76. The Hall–Kier alpha value is -0.750. The lowest BCUT2D eigenvalue weighted by molar-refractivity contribution is -0.239. The van der Waals surface area contributed by atoms with Crippen LogP contribution in [0.2, 0.25) is 0 Å². The largest absolute Gasteiger partial charge is 0.390 e. The van der Waals surface area contributed by atoms with Crippen LogP contribution in [0.15, 0.2) is 11.6 Å². The van der Waals surface area contributed by atoms with E-state index in [1.165, 1.54) is 0 Å². The maximum atomic E-state index is 12.0. The zero-order valence-corrected chi connectivity index (χ0v) is 11.0. The van der Waals surface area contributed by atoms with E-state index in [-0.39, 0.29) is 12.2 Å². The second-order valence-corrected chi connectivity index (χ2v) is 6.63. The van der Waals surface area contributed by atoms with Crippen molar-refractivity contribution >= 4 is 5.78 Å². The normalized spacial score (nSPS) is 59.1. The molecule has 2 aliphatic heterocycles. The molecule has 2 heterocycles. The number of rotatable bonds is 0. The smallest absolute Gasteiger partial charge is 0.161 e. The highest BCUT2D eigenvalue weighted by molar-refractivity contribution is 5.97. The Morgan fingerprint density at radius 3 is 2.79 bits per heavy atom. The third-order valence-corrected chi connectivity index (χ3v) is 5.81. The minimum Gasteiger partial charge on any atom is -0.390 e. The Bertz CT molecular complexity index is 508. The van der Waals surface area contributed by atoms with Crippen molar-refractivity contribution in [3.63, 3.8) is 0 Å². The molecule has 0 unspecified atom stereocenters. The van der Waals surface area contributed by atoms with Crippen LogP contribution >= 0.6 is 0 Å². The molecule has 2 N–H and O–H groups in total. The average Bonchev–Trinajstić information content (AvgIpc) is 3.08. The maximum Gasteiger partial charge on any atom is 0.161 e. The van der Waals surface area contributed by atoms with Gasteiger partial charge >= 0.3 is 0 Å². The minimum absolute atomic E-state index is 0.0427. The topological polar surface area (TPSA) is 79.3 Å². The fourth-order valence-corrected chi connectivity index (χ4v) is 4.39. The minimum atomic E-state index is -1.28. The molecule has 3 fully saturated rings. The highest BCUT2D eigenvalue weighted by atomic mass is 16.6. The van der Waals surface area contributed by atoms with Gasteiger partial charge in [-0.1, -0.05) is 6.92 Å². The standard InChI is InChI=1S/C14H18O5/c1-7-3-10-13(17,5-8(7)15)12(2)4-9(16)11(19-10)14(12)6-18-14/h3,9-11,16-17H,4-6H2,1-2H3/t9-,10-,11-,12-,13-,14+/m1/s1. The molecule has 5 nitrogen and oxygen atoms in total. The van der Waals surface area contributed by atoms with Gasteiger partial charge in [0.2, 0.25) is 0 Å². The molecule has 4 rings (SSSR count). The first kappa shape index (κ1) is 12.0. The lowest BCUT2D eigenvalue weighted by atomic mass is 9.58. The second kappa shape index (κ2) is 3.11. The molecule has 0 radical (unpaired) electrons. The number of carbonyl (C=O) groups excluding carboxylic acids is 1. The molecule has 0 aromatic heterocycles. The van der Waals surface area contributed by atoms with Crippen molar-refractivity contribution in [2.45, 2.75) is 56.2 Å². The van der Waals surface area contributed by atoms with Crippen molar-refractivity contribution in [1.82, 2.24) is 0 Å². The lowest BCUT2D eigenvalue weighted by Crippen LogP contribution is -2.68. The average molecular weight is 266 g/mol. The van der Waals surface area contributed by atoms with Crippen molar-refractivity contribution < 1.29 is 24.5 Å². The van der Waals surface area contributed by atoms with E-state index >= 15 is 0 Å². The molecule has 1 spiro atoms. The van der Waals surface area contributed by atoms with Gasteiger partial charge in [-0.05, 0) is 25.0 Å². The first-order chi connectivity index (χ1) is 8.84. The summed E-state index contributed by atoms with van der Waals surface area (Å²) >= 11 is 0. The number of epoxide rings is 1. The number of allylic oxidation sites excluding steroid dienone is 1. The van der Waals surface area contributed by atoms with E-state index < -0.39 is 34.9 Å². The zero-order chi connectivity index (χ0) is 13.6. The molecule has 0 aromatic carbocycles. The monoisotopic (exact) mass is 266 g/mol. The summed E-state index contributed by atoms with van der Waals surface area (Å²) in [5, 5.41) is 21.3. The van der Waals surface area contributed by atoms with Crippen LogP contribution in [-0.4, -0.2) is 52.1 Å². The molecule has 19 heavy (non-hydrogen) atoms. The molecular formula is C14H18O5. The Labute approximate surface area is 111 Å². The SMILES string of the molecule is CC1=C[C@H]2O[C@@H]3[C@H](O)C[C@](C)([C@@]2(O)CC1=O)[C@]31CO1. The van der Waals surface area contributed by atoms with Crippen LogP contribution in [0.3, 0.4) is 0 Å². The van der Waals surface area contributed by atoms with Gasteiger partial charge in [-0.3, -0.25) is 4.79 Å². The number of fused-ring (bicyclic) bond motifs is 2. The number of aliphatic hydroxyl groups is 2. The van der Waals surface area contributed by atoms with Gasteiger partial charge in [0.25, 0.3) is 0 Å². The third kappa shape index (κ3) is 1.11. The van der Waals surface area contributed by atoms with Gasteiger partial charge in [-0.2, -0.15) is 0 Å². The quantitative estimate of drug-likeness (QED) is 0.601. The van der Waals surface area contributed by atoms with E-state index in [1.807, 2.05) is 6.92 Å². The molecule has 2 aliphatic carbocycles. The van der Waals surface area contributed by atoms with Crippen molar-refractivity contribution in [3.05, 3.63) is 11.6 Å². The summed E-state index contributed by atoms with van der Waals surface area (Å²) in [4.78, 5) is 12.0. The maximum absolute atomic E-state index is 12.0. The molecule has 2 saturated heterocycles. The summed E-state index contributed by atoms with van der Waals surface area (Å²) in [6, 6.07) is 0. The first-order valence-electron chi connectivity index (χ1n) is 6.76. The molecule has 4 aliphatic rings. The van der Waals surface area contributed by atoms with E-state index in [4.69, 9.17) is 9.47 Å². The molecule has 1 saturated carbocycles. The molecular weight excluding hydrogens is 248 g/mol. The number of Topliss-reactive ketones (excluding diaryl/α,β-unsaturated/α-hetero) is 1. The molecule has 6 atom stereocenters. The Morgan fingerprint density at radius 2 is 2.16 bits per heavy atom. The summed E-state index contributed by atoms with van der Waals surface area (Å²) in [6.45, 7) is 4.14. The van der Waals surface area contributed by atoms with Gasteiger partial charge in [0.05, 0.1) is 12.7 Å². The zero-order valence-electron chi connectivity index (χ0n) is 11.0. The van der Waals surface area contributed by atoms with Gasteiger partial charge in [0, 0.05) is 11.8 Å². The summed E-state index contributed by atoms with van der Waals surface area (Å²) in [7, 11) is 0. The van der Waals surface area contributed by atoms with Crippen LogP contribution in [0.5, 0.6) is 0 Å². The summed E-state index contributed by atoms with van der Waals surface area (Å²) in [6.07, 6.45) is 0.564. The van der Waals surface area contributed by atoms with E-state index in [0.29, 0.717) is 18.6 Å². The number of aliphatic hydroxyl groups excluding tert-OH is 1. The van der Waals surface area contributed by atoms with Gasteiger partial charge < -0.3 is 19.7 Å². The Morgan fingerprint density at radius 1 is 1.47 bits per heavy atom. The van der Waals surface area contributed by atoms with Crippen LogP contribution in [-0.2, 0) is 14.3 Å². The van der Waals surface area contributed by atoms with Crippen LogP contribution < -0.4 is 0 Å². The van der Waals surface area contributed by atoms with Gasteiger partial charge in [-0.15, -0.1) is 0 Å². The van der Waals surface area contributed by atoms with Gasteiger partial charge in [0.15, 0.2) is 5.78 Å². The third-order valence-electron chi connectivity index (χ3n) is 5.81. The number of carbonyl (C=O) groups is 1. The van der Waals surface area contributed by atoms with Crippen LogP contribution in [0.25, 0.3) is 0 Å². The summed E-state index contributed by atoms with van der Waals surface area (Å²) in [5.74, 6) is -0.0563. The number of ketones is 1. The number of ether oxygens (including phenoxy) is 2. The number of hydrogen-bond donors (Lipinski definition) is 2. The van der Waals surface area contributed by atoms with E-state index in [9.17, 15) is 15.0 Å². The molecule has 104 valence electrons. The summed E-state index contributed by atoms with van der Waals surface area (Å²) < 4.78 is 11.5. The fourth-order valence-electron chi connectivity index (χ4n) is 4.39. The van der Waals surface area contributed by atoms with Crippen molar-refractivity contribution in [1.29, 1.82) is 0 Å². The highest BCUT2D eigenvalue weighted by Gasteiger charge is 2.81. The second-order valence-electron chi connectivity index (χ2n) is 6.63. The van der Waals surface area contributed by atoms with Crippen molar-refractivity contribution in [2.75, 3.05) is 6.61 Å². The molecule has 0 amide bonds. The molecule has 0 aromatic rings. The van der Waals surface area contributed by atoms with Gasteiger partial charge in [0.1, 0.15) is 23.4 Å². The summed E-state index contributed by atoms with van der Waals surface area (Å²) in [5.41, 5.74) is -1.91. The molecule has 5 heteroatoms. The van der Waals surface area contributed by atoms with E-state index in [0.717, 1.165) is 0 Å². The fraction of sp³-hybridized carbons (Fsp3) is 0.786. The highest BCUT2D eigenvalue weighted by Crippen LogP contribution is 2.67. The van der Waals surface area contributed by atoms with E-state index in [1.54, 1.807) is 13.0 Å². The predicted octanol–water partition coefficient (Wildman–Crippen LogP) is -0.0561. The number of hydrogen-bond acceptors (Lipinski definition) is 5. The van der Waals surface area contributed by atoms with Crippen LogP contribution in [0, 0.1) is 5.41 Å². The molecule has 2 bridgehead atoms. The van der Waals surface area contributed by atoms with Crippen LogP contribution in [0.1, 0.15) is 26.7 Å². The Kier molecular flexibility index (Phi) is 1.97. The predicted molar refractivity (Wildman–Crippen MR) is 64.4 cm³/mol. The lowest BCUT2D eigenvalue weighted by Gasteiger charge is -2.54. The Balaban J connectivity index is 1.88. The van der Waals surface area contributed by atoms with Crippen LogP contribution in [0.4, 0.5) is 0 Å². The van der Waals surface area contributed by atoms with Crippen molar-refractivity contribution in [2.24, 2.45) is 5.41 Å². The van der Waals surface area contributed by atoms with E-state index in [2.05, 4.69) is 0 Å². The van der Waals surface area contributed by atoms with Gasteiger partial charge in [-0.25, -0.2) is 0 Å².